The first-order chi connectivity index (χ1) is 9.81. The van der Waals surface area contributed by atoms with Crippen molar-refractivity contribution in [3.63, 3.8) is 0 Å². The molecular formula is C14H17N3O4. The summed E-state index contributed by atoms with van der Waals surface area (Å²) in [5.74, 6) is -1.95. The van der Waals surface area contributed by atoms with Crippen molar-refractivity contribution < 1.29 is 19.5 Å². The van der Waals surface area contributed by atoms with Crippen molar-refractivity contribution in [1.29, 1.82) is 0 Å². The van der Waals surface area contributed by atoms with E-state index in [-0.39, 0.29) is 17.7 Å². The summed E-state index contributed by atoms with van der Waals surface area (Å²) in [5, 5.41) is 13.3. The summed E-state index contributed by atoms with van der Waals surface area (Å²) in [6, 6.07) is 4.68. The third-order valence-electron chi connectivity index (χ3n) is 2.83. The number of rotatable bonds is 4. The molecule has 3 N–H and O–H groups in total. The van der Waals surface area contributed by atoms with Crippen LogP contribution in [0, 0.1) is 6.92 Å². The second-order valence-corrected chi connectivity index (χ2v) is 4.46. The van der Waals surface area contributed by atoms with E-state index in [1.54, 1.807) is 6.07 Å². The lowest BCUT2D eigenvalue weighted by atomic mass is 10.1. The third kappa shape index (κ3) is 5.06. The van der Waals surface area contributed by atoms with E-state index in [2.05, 4.69) is 15.6 Å². The van der Waals surface area contributed by atoms with Crippen LogP contribution in [0.1, 0.15) is 25.2 Å². The minimum atomic E-state index is -1.20. The average Bonchev–Trinajstić information content (AvgIpc) is 2.43. The van der Waals surface area contributed by atoms with Gasteiger partial charge in [-0.3, -0.25) is 15.1 Å². The van der Waals surface area contributed by atoms with Gasteiger partial charge in [0.25, 0.3) is 5.91 Å². The number of hydrogen-bond acceptors (Lipinski definition) is 4. The third-order valence-corrected chi connectivity index (χ3v) is 2.83. The predicted molar refractivity (Wildman–Crippen MR) is 75.4 cm³/mol. The molecule has 0 saturated carbocycles. The fraction of sp³-hybridized carbons (Fsp3) is 0.286. The molecule has 0 aliphatic rings. The van der Waals surface area contributed by atoms with Crippen LogP contribution in [0.3, 0.4) is 0 Å². The molecule has 0 unspecified atom stereocenters. The van der Waals surface area contributed by atoms with Crippen LogP contribution in [0.5, 0.6) is 0 Å². The number of imide groups is 1. The Labute approximate surface area is 122 Å². The lowest BCUT2D eigenvalue weighted by Gasteiger charge is -2.08. The van der Waals surface area contributed by atoms with Gasteiger partial charge in [-0.25, -0.2) is 9.59 Å². The first-order valence-corrected chi connectivity index (χ1v) is 6.23. The molecule has 21 heavy (non-hydrogen) atoms. The molecule has 0 saturated heterocycles. The van der Waals surface area contributed by atoms with Crippen LogP contribution in [0.2, 0.25) is 0 Å². The lowest BCUT2D eigenvalue weighted by Crippen LogP contribution is -2.40. The zero-order valence-electron chi connectivity index (χ0n) is 12.1. The minimum absolute atomic E-state index is 0.0219. The highest BCUT2D eigenvalue weighted by Gasteiger charge is 2.15. The van der Waals surface area contributed by atoms with E-state index in [9.17, 15) is 14.4 Å². The van der Waals surface area contributed by atoms with Gasteiger partial charge >= 0.3 is 12.0 Å². The summed E-state index contributed by atoms with van der Waals surface area (Å²) in [4.78, 5) is 38.1. The number of nitrogens with one attached hydrogen (secondary N) is 2. The molecule has 7 nitrogen and oxygen atoms in total. The van der Waals surface area contributed by atoms with Gasteiger partial charge in [-0.1, -0.05) is 6.07 Å². The van der Waals surface area contributed by atoms with Gasteiger partial charge in [-0.2, -0.15) is 0 Å². The number of aromatic nitrogens is 1. The fourth-order valence-electron chi connectivity index (χ4n) is 1.44. The van der Waals surface area contributed by atoms with Crippen molar-refractivity contribution in [3.05, 3.63) is 40.7 Å². The Morgan fingerprint density at radius 3 is 2.43 bits per heavy atom. The van der Waals surface area contributed by atoms with Gasteiger partial charge in [0, 0.05) is 16.8 Å². The molecule has 0 atom stereocenters. The van der Waals surface area contributed by atoms with Crippen molar-refractivity contribution in [2.24, 2.45) is 0 Å². The predicted octanol–water partition coefficient (Wildman–Crippen LogP) is 1.14. The molecule has 0 radical (unpaired) electrons. The van der Waals surface area contributed by atoms with Gasteiger partial charge in [0.15, 0.2) is 0 Å². The lowest BCUT2D eigenvalue weighted by molar-refractivity contribution is -0.133. The average molecular weight is 291 g/mol. The van der Waals surface area contributed by atoms with Crippen LogP contribution in [0.15, 0.2) is 29.3 Å². The number of carboxylic acid groups (broad SMARTS) is 1. The number of carbonyl (C=O) groups excluding carboxylic acids is 2. The summed E-state index contributed by atoms with van der Waals surface area (Å²) in [6.45, 7) is 4.64. The Balaban J connectivity index is 2.56. The summed E-state index contributed by atoms with van der Waals surface area (Å²) in [6.07, 6.45) is 0. The standard InChI is InChI=1S/C14H17N3O4/c1-8-5-4-6-11(16-8)7-15-14(21)17-12(18)9(2)10(3)13(19)20/h4-6H,7H2,1-3H3,(H,19,20)(H2,15,17,18,21). The topological polar surface area (TPSA) is 108 Å². The zero-order valence-corrected chi connectivity index (χ0v) is 12.1. The smallest absolute Gasteiger partial charge is 0.331 e. The molecule has 0 aromatic carbocycles. The number of aliphatic carboxylic acids is 1. The van der Waals surface area contributed by atoms with E-state index < -0.39 is 17.9 Å². The van der Waals surface area contributed by atoms with Crippen molar-refractivity contribution in [3.8, 4) is 0 Å². The first-order valence-electron chi connectivity index (χ1n) is 6.23. The number of carbonyl (C=O) groups is 3. The molecule has 0 spiro atoms. The summed E-state index contributed by atoms with van der Waals surface area (Å²) >= 11 is 0. The Morgan fingerprint density at radius 2 is 1.86 bits per heavy atom. The number of nitrogens with zero attached hydrogens (tertiary/aromatic N) is 1. The Kier molecular flexibility index (Phi) is 5.59. The van der Waals surface area contributed by atoms with Gasteiger partial charge in [-0.05, 0) is 32.9 Å². The molecule has 0 aliphatic carbocycles. The number of carboxylic acids is 1. The van der Waals surface area contributed by atoms with Crippen molar-refractivity contribution in [2.45, 2.75) is 27.3 Å². The molecule has 7 heteroatoms. The van der Waals surface area contributed by atoms with E-state index >= 15 is 0 Å². The highest BCUT2D eigenvalue weighted by molar-refractivity contribution is 6.07. The van der Waals surface area contributed by atoms with Gasteiger partial charge in [0.1, 0.15) is 0 Å². The molecule has 112 valence electrons. The van der Waals surface area contributed by atoms with Crippen molar-refractivity contribution >= 4 is 17.9 Å². The molecule has 1 aromatic rings. The zero-order chi connectivity index (χ0) is 16.0. The van der Waals surface area contributed by atoms with Gasteiger partial charge in [-0.15, -0.1) is 0 Å². The second-order valence-electron chi connectivity index (χ2n) is 4.46. The second kappa shape index (κ2) is 7.18. The summed E-state index contributed by atoms with van der Waals surface area (Å²) < 4.78 is 0. The van der Waals surface area contributed by atoms with Gasteiger partial charge in [0.2, 0.25) is 0 Å². The molecule has 3 amide bonds. The highest BCUT2D eigenvalue weighted by Crippen LogP contribution is 2.03. The Hall–Kier alpha value is -2.70. The van der Waals surface area contributed by atoms with Gasteiger partial charge in [0.05, 0.1) is 12.2 Å². The monoisotopic (exact) mass is 291 g/mol. The summed E-state index contributed by atoms with van der Waals surface area (Å²) in [5.41, 5.74) is 1.35. The number of hydrogen-bond donors (Lipinski definition) is 3. The van der Waals surface area contributed by atoms with Crippen LogP contribution in [0.4, 0.5) is 4.79 Å². The van der Waals surface area contributed by atoms with E-state index in [0.717, 1.165) is 5.69 Å². The van der Waals surface area contributed by atoms with Crippen LogP contribution in [-0.2, 0) is 16.1 Å². The van der Waals surface area contributed by atoms with Crippen LogP contribution in [-0.4, -0.2) is 28.0 Å². The maximum absolute atomic E-state index is 11.7. The maximum atomic E-state index is 11.7. The number of urea groups is 1. The Bertz CT molecular complexity index is 608. The highest BCUT2D eigenvalue weighted by atomic mass is 16.4. The molecule has 0 fully saturated rings. The maximum Gasteiger partial charge on any atom is 0.331 e. The molecule has 1 heterocycles. The number of amides is 3. The van der Waals surface area contributed by atoms with Gasteiger partial charge < -0.3 is 10.4 Å². The van der Waals surface area contributed by atoms with E-state index in [1.807, 2.05) is 19.1 Å². The number of pyridine rings is 1. The van der Waals surface area contributed by atoms with Crippen molar-refractivity contribution in [2.75, 3.05) is 0 Å². The molecule has 0 bridgehead atoms. The largest absolute Gasteiger partial charge is 0.478 e. The molecule has 0 aliphatic heterocycles. The fourth-order valence-corrected chi connectivity index (χ4v) is 1.44. The quantitative estimate of drug-likeness (QED) is 0.721. The first kappa shape index (κ1) is 16.4. The van der Waals surface area contributed by atoms with Crippen LogP contribution >= 0.6 is 0 Å². The number of aryl methyl sites for hydroxylation is 1. The normalized spacial score (nSPS) is 11.4. The van der Waals surface area contributed by atoms with Crippen LogP contribution < -0.4 is 10.6 Å². The molecule has 1 rings (SSSR count). The van der Waals surface area contributed by atoms with Crippen LogP contribution in [0.25, 0.3) is 0 Å². The van der Waals surface area contributed by atoms with E-state index in [1.165, 1.54) is 13.8 Å². The summed E-state index contributed by atoms with van der Waals surface area (Å²) in [7, 11) is 0. The van der Waals surface area contributed by atoms with E-state index in [0.29, 0.717) is 5.69 Å². The SMILES string of the molecule is CC(C(=O)O)=C(C)C(=O)NC(=O)NCc1cccc(C)n1. The molecular weight excluding hydrogens is 274 g/mol. The minimum Gasteiger partial charge on any atom is -0.478 e. The van der Waals surface area contributed by atoms with Crippen molar-refractivity contribution in [1.82, 2.24) is 15.6 Å². The molecule has 1 aromatic heterocycles. The van der Waals surface area contributed by atoms with E-state index in [4.69, 9.17) is 5.11 Å². The Morgan fingerprint density at radius 1 is 1.19 bits per heavy atom.